The van der Waals surface area contributed by atoms with Crippen LogP contribution in [0.15, 0.2) is 18.2 Å². The van der Waals surface area contributed by atoms with Crippen molar-refractivity contribution in [1.82, 2.24) is 4.90 Å². The molecule has 1 fully saturated rings. The number of nitro benzene ring substituents is 1. The highest BCUT2D eigenvalue weighted by Crippen LogP contribution is 2.24. The largest absolute Gasteiger partial charge is 0.381 e. The molecule has 21 heavy (non-hydrogen) atoms. The normalized spacial score (nSPS) is 16.4. The van der Waals surface area contributed by atoms with E-state index in [0.717, 1.165) is 32.5 Å². The minimum Gasteiger partial charge on any atom is -0.381 e. The smallest absolute Gasteiger partial charge is 0.270 e. The zero-order valence-electron chi connectivity index (χ0n) is 12.2. The van der Waals surface area contributed by atoms with Gasteiger partial charge in [-0.3, -0.25) is 10.1 Å². The lowest BCUT2D eigenvalue weighted by Crippen LogP contribution is -2.39. The summed E-state index contributed by atoms with van der Waals surface area (Å²) in [6, 6.07) is 6.76. The molecule has 0 bridgehead atoms. The Kier molecular flexibility index (Phi) is 5.12. The average Bonchev–Trinajstić information content (AvgIpc) is 2.49. The Balaban J connectivity index is 2.01. The predicted molar refractivity (Wildman–Crippen MR) is 81.2 cm³/mol. The topological polar surface area (TPSA) is 82.2 Å². The molecule has 6 heteroatoms. The van der Waals surface area contributed by atoms with E-state index >= 15 is 0 Å². The first-order valence-electron chi connectivity index (χ1n) is 7.31. The monoisotopic (exact) mass is 288 g/mol. The number of nitrogens with one attached hydrogen (secondary N) is 1. The first-order valence-corrected chi connectivity index (χ1v) is 7.31. The van der Waals surface area contributed by atoms with E-state index in [4.69, 9.17) is 5.26 Å². The maximum Gasteiger partial charge on any atom is 0.270 e. The van der Waals surface area contributed by atoms with E-state index in [1.54, 1.807) is 6.07 Å². The van der Waals surface area contributed by atoms with Gasteiger partial charge >= 0.3 is 0 Å². The van der Waals surface area contributed by atoms with Gasteiger partial charge in [0.1, 0.15) is 6.07 Å². The second kappa shape index (κ2) is 7.04. The number of anilines is 1. The van der Waals surface area contributed by atoms with Crippen LogP contribution in [-0.2, 0) is 0 Å². The van der Waals surface area contributed by atoms with Crippen molar-refractivity contribution in [3.63, 3.8) is 0 Å². The van der Waals surface area contributed by atoms with Crippen molar-refractivity contribution in [2.24, 2.45) is 0 Å². The highest BCUT2D eigenvalue weighted by molar-refractivity contribution is 5.61. The van der Waals surface area contributed by atoms with Crippen LogP contribution in [0.1, 0.15) is 31.7 Å². The number of likely N-dealkylation sites (tertiary alicyclic amines) is 1. The molecule has 0 radical (unpaired) electrons. The first-order chi connectivity index (χ1) is 10.1. The standard InChI is InChI=1S/C15H20N4O2/c1-2-7-18-8-5-13(6-9-18)17-15-4-3-14(19(20)21)10-12(15)11-16/h3-4,10,13,17H,2,5-9H2,1H3. The summed E-state index contributed by atoms with van der Waals surface area (Å²) in [7, 11) is 0. The molecule has 0 aromatic heterocycles. The van der Waals surface area contributed by atoms with Crippen molar-refractivity contribution >= 4 is 11.4 Å². The lowest BCUT2D eigenvalue weighted by atomic mass is 10.0. The summed E-state index contributed by atoms with van der Waals surface area (Å²) in [5, 5.41) is 23.2. The summed E-state index contributed by atoms with van der Waals surface area (Å²) >= 11 is 0. The number of hydrogen-bond acceptors (Lipinski definition) is 5. The molecule has 6 nitrogen and oxygen atoms in total. The summed E-state index contributed by atoms with van der Waals surface area (Å²) in [4.78, 5) is 12.7. The van der Waals surface area contributed by atoms with Crippen molar-refractivity contribution in [2.45, 2.75) is 32.2 Å². The van der Waals surface area contributed by atoms with Crippen LogP contribution in [0.4, 0.5) is 11.4 Å². The Morgan fingerprint density at radius 1 is 1.48 bits per heavy atom. The van der Waals surface area contributed by atoms with Gasteiger partial charge in [0.05, 0.1) is 16.2 Å². The molecule has 1 aliphatic rings. The van der Waals surface area contributed by atoms with Crippen LogP contribution in [0.25, 0.3) is 0 Å². The minimum absolute atomic E-state index is 0.0464. The summed E-state index contributed by atoms with van der Waals surface area (Å²) in [6.07, 6.45) is 3.22. The third kappa shape index (κ3) is 3.92. The molecule has 0 spiro atoms. The number of benzene rings is 1. The maximum absolute atomic E-state index is 10.7. The summed E-state index contributed by atoms with van der Waals surface area (Å²) in [5.41, 5.74) is 0.979. The predicted octanol–water partition coefficient (Wildman–Crippen LogP) is 2.75. The molecule has 112 valence electrons. The molecule has 0 unspecified atom stereocenters. The fourth-order valence-corrected chi connectivity index (χ4v) is 2.70. The van der Waals surface area contributed by atoms with E-state index in [0.29, 0.717) is 17.3 Å². The highest BCUT2D eigenvalue weighted by atomic mass is 16.6. The fraction of sp³-hybridized carbons (Fsp3) is 0.533. The molecule has 1 aromatic carbocycles. The summed E-state index contributed by atoms with van der Waals surface area (Å²) in [6.45, 7) is 5.43. The van der Waals surface area contributed by atoms with Crippen molar-refractivity contribution in [1.29, 1.82) is 5.26 Å². The van der Waals surface area contributed by atoms with Crippen LogP contribution in [0.2, 0.25) is 0 Å². The van der Waals surface area contributed by atoms with Crippen LogP contribution >= 0.6 is 0 Å². The van der Waals surface area contributed by atoms with E-state index in [-0.39, 0.29) is 5.69 Å². The third-order valence-corrected chi connectivity index (χ3v) is 3.82. The Labute approximate surface area is 124 Å². The zero-order chi connectivity index (χ0) is 15.2. The Morgan fingerprint density at radius 3 is 2.76 bits per heavy atom. The maximum atomic E-state index is 10.7. The SMILES string of the molecule is CCCN1CCC(Nc2ccc([N+](=O)[O-])cc2C#N)CC1. The molecule has 1 N–H and O–H groups in total. The fourth-order valence-electron chi connectivity index (χ4n) is 2.70. The van der Waals surface area contributed by atoms with Crippen molar-refractivity contribution < 1.29 is 4.92 Å². The van der Waals surface area contributed by atoms with Gasteiger partial charge in [0.15, 0.2) is 0 Å². The van der Waals surface area contributed by atoms with E-state index < -0.39 is 4.92 Å². The van der Waals surface area contributed by atoms with Crippen molar-refractivity contribution in [3.05, 3.63) is 33.9 Å². The van der Waals surface area contributed by atoms with E-state index in [1.165, 1.54) is 18.6 Å². The highest BCUT2D eigenvalue weighted by Gasteiger charge is 2.20. The van der Waals surface area contributed by atoms with E-state index in [2.05, 4.69) is 17.1 Å². The number of piperidine rings is 1. The van der Waals surface area contributed by atoms with Gasteiger partial charge in [-0.05, 0) is 31.9 Å². The van der Waals surface area contributed by atoms with Gasteiger partial charge in [0.2, 0.25) is 0 Å². The van der Waals surface area contributed by atoms with Gasteiger partial charge in [-0.2, -0.15) is 5.26 Å². The van der Waals surface area contributed by atoms with E-state index in [1.807, 2.05) is 6.07 Å². The number of nitriles is 1. The number of nitrogens with zero attached hydrogens (tertiary/aromatic N) is 3. The molecule has 1 aromatic rings. The number of nitro groups is 1. The van der Waals surface area contributed by atoms with Crippen molar-refractivity contribution in [2.75, 3.05) is 25.0 Å². The van der Waals surface area contributed by atoms with Crippen LogP contribution < -0.4 is 5.32 Å². The molecule has 0 aliphatic carbocycles. The molecule has 1 heterocycles. The van der Waals surface area contributed by atoms with Crippen LogP contribution in [-0.4, -0.2) is 35.5 Å². The lowest BCUT2D eigenvalue weighted by molar-refractivity contribution is -0.384. The Hall–Kier alpha value is -2.13. The lowest BCUT2D eigenvalue weighted by Gasteiger charge is -2.32. The quantitative estimate of drug-likeness (QED) is 0.665. The van der Waals surface area contributed by atoms with Gasteiger partial charge < -0.3 is 10.2 Å². The second-order valence-corrected chi connectivity index (χ2v) is 5.36. The average molecular weight is 288 g/mol. The molecular formula is C15H20N4O2. The zero-order valence-corrected chi connectivity index (χ0v) is 12.2. The Morgan fingerprint density at radius 2 is 2.19 bits per heavy atom. The minimum atomic E-state index is -0.478. The molecule has 0 amide bonds. The number of rotatable bonds is 5. The van der Waals surface area contributed by atoms with E-state index in [9.17, 15) is 10.1 Å². The van der Waals surface area contributed by atoms with Crippen LogP contribution in [0.3, 0.4) is 0 Å². The van der Waals surface area contributed by atoms with Gasteiger partial charge in [-0.1, -0.05) is 6.92 Å². The molecule has 2 rings (SSSR count). The summed E-state index contributed by atoms with van der Waals surface area (Å²) in [5.74, 6) is 0. The van der Waals surface area contributed by atoms with Gasteiger partial charge in [0, 0.05) is 31.3 Å². The van der Waals surface area contributed by atoms with Gasteiger partial charge in [-0.25, -0.2) is 0 Å². The molecule has 1 aliphatic heterocycles. The molecular weight excluding hydrogens is 268 g/mol. The summed E-state index contributed by atoms with van der Waals surface area (Å²) < 4.78 is 0. The van der Waals surface area contributed by atoms with Crippen LogP contribution in [0.5, 0.6) is 0 Å². The third-order valence-electron chi connectivity index (χ3n) is 3.82. The van der Waals surface area contributed by atoms with Crippen molar-refractivity contribution in [3.8, 4) is 6.07 Å². The molecule has 0 saturated carbocycles. The molecule has 0 atom stereocenters. The van der Waals surface area contributed by atoms with Gasteiger partial charge in [0.25, 0.3) is 5.69 Å². The van der Waals surface area contributed by atoms with Gasteiger partial charge in [-0.15, -0.1) is 0 Å². The Bertz CT molecular complexity index is 545. The second-order valence-electron chi connectivity index (χ2n) is 5.36. The first kappa shape index (κ1) is 15.3. The molecule has 1 saturated heterocycles. The number of non-ortho nitro benzene ring substituents is 1. The van der Waals surface area contributed by atoms with Crippen LogP contribution in [0, 0.1) is 21.4 Å². The number of hydrogen-bond donors (Lipinski definition) is 1.